The molecule has 0 heterocycles. The lowest BCUT2D eigenvalue weighted by molar-refractivity contribution is 0.157. The van der Waals surface area contributed by atoms with Crippen molar-refractivity contribution in [3.05, 3.63) is 29.8 Å². The fourth-order valence-corrected chi connectivity index (χ4v) is 3.17. The van der Waals surface area contributed by atoms with Crippen LogP contribution in [-0.2, 0) is 15.9 Å². The second-order valence-corrected chi connectivity index (χ2v) is 7.24. The molecule has 0 unspecified atom stereocenters. The molecule has 0 saturated carbocycles. The first-order chi connectivity index (χ1) is 9.45. The van der Waals surface area contributed by atoms with Crippen LogP contribution in [0.25, 0.3) is 0 Å². The molecule has 5 nitrogen and oxygen atoms in total. The van der Waals surface area contributed by atoms with Gasteiger partial charge in [0, 0.05) is 0 Å². The summed E-state index contributed by atoms with van der Waals surface area (Å²) in [5.41, 5.74) is -0.661. The summed E-state index contributed by atoms with van der Waals surface area (Å²) in [6, 6.07) is 8.59. The summed E-state index contributed by atoms with van der Waals surface area (Å²) in [6.45, 7) is 2.06. The molecule has 1 aromatic carbocycles. The Bertz CT molecular complexity index is 485. The highest BCUT2D eigenvalue weighted by molar-refractivity contribution is 7.69. The second kappa shape index (κ2) is 8.37. The first kappa shape index (κ1) is 17.1. The van der Waals surface area contributed by atoms with Gasteiger partial charge in [-0.1, -0.05) is 61.7 Å². The zero-order valence-corrected chi connectivity index (χ0v) is 13.3. The minimum absolute atomic E-state index is 0.0963. The highest BCUT2D eigenvalue weighted by atomic mass is 31.2. The lowest BCUT2D eigenvalue weighted by Gasteiger charge is -2.10. The summed E-state index contributed by atoms with van der Waals surface area (Å²) in [5, 5.41) is 1.09. The van der Waals surface area contributed by atoms with Crippen LogP contribution >= 0.6 is 7.60 Å². The molecule has 0 amide bonds. The van der Waals surface area contributed by atoms with Gasteiger partial charge in [0.15, 0.2) is 0 Å². The van der Waals surface area contributed by atoms with Crippen molar-refractivity contribution < 1.29 is 23.9 Å². The van der Waals surface area contributed by atoms with Crippen LogP contribution in [0.5, 0.6) is 0 Å². The average molecular weight is 314 g/mol. The van der Waals surface area contributed by atoms with Gasteiger partial charge >= 0.3 is 13.3 Å². The molecule has 0 aliphatic heterocycles. The van der Waals surface area contributed by atoms with E-state index in [1.165, 1.54) is 12.8 Å². The van der Waals surface area contributed by atoms with E-state index in [1.54, 1.807) is 0 Å². The van der Waals surface area contributed by atoms with Gasteiger partial charge in [-0.05, 0) is 5.56 Å². The first-order valence-corrected chi connectivity index (χ1v) is 9.31. The Labute approximate surface area is 121 Å². The number of hydrogen-bond acceptors (Lipinski definition) is 3. The van der Waals surface area contributed by atoms with Gasteiger partial charge in [-0.3, -0.25) is 0 Å². The number of carbonyl (C=O) groups is 1. The van der Waals surface area contributed by atoms with Gasteiger partial charge in [0.05, 0.1) is 9.52 Å². The van der Waals surface area contributed by atoms with Gasteiger partial charge in [-0.15, -0.1) is 0 Å². The van der Waals surface area contributed by atoms with Crippen molar-refractivity contribution in [2.75, 3.05) is 0 Å². The van der Waals surface area contributed by atoms with Crippen LogP contribution in [-0.4, -0.2) is 25.0 Å². The third kappa shape index (κ3) is 6.01. The fourth-order valence-electron chi connectivity index (χ4n) is 1.64. The molecule has 0 aliphatic carbocycles. The van der Waals surface area contributed by atoms with Crippen LogP contribution < -0.4 is 5.19 Å². The molecule has 0 atom stereocenters. The predicted molar refractivity (Wildman–Crippen MR) is 78.4 cm³/mol. The molecule has 7 heteroatoms. The Balaban J connectivity index is 2.57. The van der Waals surface area contributed by atoms with Crippen molar-refractivity contribution >= 4 is 28.0 Å². The molecule has 1 aromatic rings. The SMILES string of the molecule is CCCCC[Si]c1ccccc1COC(=O)P(=O)(O)O. The molecule has 2 radical (unpaired) electrons. The van der Waals surface area contributed by atoms with Crippen LogP contribution in [0.1, 0.15) is 31.7 Å². The standard InChI is InChI=1S/C13H19O5PSi/c1-2-3-6-9-20-12-8-5-4-7-11(12)10-18-13(14)19(15,16)17/h4-5,7-8H,2-3,6,9-10H2,1H3,(H2,15,16,17). The van der Waals surface area contributed by atoms with Gasteiger partial charge in [0.1, 0.15) is 6.61 Å². The van der Waals surface area contributed by atoms with Gasteiger partial charge in [-0.2, -0.15) is 0 Å². The number of carbonyl (C=O) groups excluding carboxylic acids is 1. The molecule has 1 rings (SSSR count). The average Bonchev–Trinajstić information content (AvgIpc) is 2.41. The normalized spacial score (nSPS) is 11.3. The number of hydrogen-bond donors (Lipinski definition) is 2. The lowest BCUT2D eigenvalue weighted by atomic mass is 10.2. The number of rotatable bonds is 8. The number of benzene rings is 1. The minimum atomic E-state index is -4.80. The molecule has 0 fully saturated rings. The molecule has 20 heavy (non-hydrogen) atoms. The monoisotopic (exact) mass is 314 g/mol. The van der Waals surface area contributed by atoms with Crippen LogP contribution in [0.4, 0.5) is 4.79 Å². The molecular formula is C13H19O5PSi. The van der Waals surface area contributed by atoms with Crippen molar-refractivity contribution in [2.24, 2.45) is 0 Å². The van der Waals surface area contributed by atoms with E-state index in [2.05, 4.69) is 11.7 Å². The Morgan fingerprint density at radius 2 is 2.00 bits per heavy atom. The topological polar surface area (TPSA) is 83.8 Å². The van der Waals surface area contributed by atoms with E-state index in [1.807, 2.05) is 24.3 Å². The third-order valence-electron chi connectivity index (χ3n) is 2.70. The number of unbranched alkanes of at least 4 members (excludes halogenated alkanes) is 2. The van der Waals surface area contributed by atoms with Crippen LogP contribution in [0.15, 0.2) is 24.3 Å². The zero-order chi connectivity index (χ0) is 15.0. The summed E-state index contributed by atoms with van der Waals surface area (Å²) in [6.07, 6.45) is 3.53. The maximum atomic E-state index is 11.1. The van der Waals surface area contributed by atoms with E-state index >= 15 is 0 Å². The van der Waals surface area contributed by atoms with Crippen molar-refractivity contribution in [3.8, 4) is 0 Å². The fraction of sp³-hybridized carbons (Fsp3) is 0.462. The van der Waals surface area contributed by atoms with Crippen molar-refractivity contribution in [1.82, 2.24) is 0 Å². The molecule has 0 saturated heterocycles. The molecule has 0 aliphatic rings. The van der Waals surface area contributed by atoms with E-state index in [9.17, 15) is 9.36 Å². The van der Waals surface area contributed by atoms with E-state index in [0.717, 1.165) is 23.2 Å². The molecule has 0 spiro atoms. The molecule has 2 N–H and O–H groups in total. The lowest BCUT2D eigenvalue weighted by Crippen LogP contribution is -2.20. The molecule has 0 bridgehead atoms. The summed E-state index contributed by atoms with van der Waals surface area (Å²) in [5.74, 6) is 0. The quantitative estimate of drug-likeness (QED) is 0.437. The van der Waals surface area contributed by atoms with Crippen LogP contribution in [0.3, 0.4) is 0 Å². The van der Waals surface area contributed by atoms with Crippen molar-refractivity contribution in [1.29, 1.82) is 0 Å². The molecule has 110 valence electrons. The van der Waals surface area contributed by atoms with Gasteiger partial charge < -0.3 is 14.5 Å². The summed E-state index contributed by atoms with van der Waals surface area (Å²) in [4.78, 5) is 28.4. The summed E-state index contributed by atoms with van der Waals surface area (Å²) in [7, 11) is -4.18. The van der Waals surface area contributed by atoms with Gasteiger partial charge in [-0.25, -0.2) is 9.36 Å². The van der Waals surface area contributed by atoms with Crippen LogP contribution in [0.2, 0.25) is 6.04 Å². The smallest absolute Gasteiger partial charge is 0.433 e. The first-order valence-electron chi connectivity index (χ1n) is 6.49. The van der Waals surface area contributed by atoms with Crippen LogP contribution in [0, 0.1) is 0 Å². The Morgan fingerprint density at radius 1 is 1.30 bits per heavy atom. The van der Waals surface area contributed by atoms with Crippen molar-refractivity contribution in [2.45, 2.75) is 38.8 Å². The Kier molecular flexibility index (Phi) is 7.16. The summed E-state index contributed by atoms with van der Waals surface area (Å²) >= 11 is 0. The Hall–Kier alpha value is -0.943. The van der Waals surface area contributed by atoms with Gasteiger partial charge in [0.2, 0.25) is 0 Å². The number of ether oxygens (including phenoxy) is 1. The molecule has 0 aromatic heterocycles. The van der Waals surface area contributed by atoms with E-state index in [-0.39, 0.29) is 6.61 Å². The van der Waals surface area contributed by atoms with E-state index in [0.29, 0.717) is 9.52 Å². The van der Waals surface area contributed by atoms with Crippen molar-refractivity contribution in [3.63, 3.8) is 0 Å². The predicted octanol–water partition coefficient (Wildman–Crippen LogP) is 2.44. The highest BCUT2D eigenvalue weighted by Gasteiger charge is 2.27. The minimum Gasteiger partial charge on any atom is -0.452 e. The third-order valence-corrected chi connectivity index (χ3v) is 4.78. The maximum absolute atomic E-state index is 11.1. The van der Waals surface area contributed by atoms with E-state index < -0.39 is 13.3 Å². The summed E-state index contributed by atoms with van der Waals surface area (Å²) < 4.78 is 15.4. The zero-order valence-electron chi connectivity index (χ0n) is 11.4. The second-order valence-electron chi connectivity index (χ2n) is 4.39. The van der Waals surface area contributed by atoms with E-state index in [4.69, 9.17) is 9.79 Å². The maximum Gasteiger partial charge on any atom is 0.433 e. The Morgan fingerprint density at radius 3 is 2.65 bits per heavy atom. The van der Waals surface area contributed by atoms with Gasteiger partial charge in [0.25, 0.3) is 0 Å². The highest BCUT2D eigenvalue weighted by Crippen LogP contribution is 2.37. The molecular weight excluding hydrogens is 295 g/mol. The largest absolute Gasteiger partial charge is 0.452 e.